The first kappa shape index (κ1) is 17.1. The molecule has 26 heavy (non-hydrogen) atoms. The minimum absolute atomic E-state index is 0.204. The molecule has 1 saturated heterocycles. The molecular formula is C17H20N6O2S. The second-order valence-corrected chi connectivity index (χ2v) is 7.43. The van der Waals surface area contributed by atoms with Gasteiger partial charge >= 0.3 is 0 Å². The van der Waals surface area contributed by atoms with Crippen molar-refractivity contribution < 1.29 is 9.53 Å². The van der Waals surface area contributed by atoms with Gasteiger partial charge in [0.25, 0.3) is 5.91 Å². The van der Waals surface area contributed by atoms with E-state index < -0.39 is 0 Å². The lowest BCUT2D eigenvalue weighted by Gasteiger charge is -2.34. The summed E-state index contributed by atoms with van der Waals surface area (Å²) in [6, 6.07) is 5.20. The lowest BCUT2D eigenvalue weighted by atomic mass is 10.2. The van der Waals surface area contributed by atoms with Crippen LogP contribution in [0.4, 0.5) is 5.13 Å². The molecule has 136 valence electrons. The van der Waals surface area contributed by atoms with Crippen molar-refractivity contribution >= 4 is 33.4 Å². The van der Waals surface area contributed by atoms with Crippen LogP contribution in [-0.4, -0.2) is 56.5 Å². The van der Waals surface area contributed by atoms with E-state index in [-0.39, 0.29) is 18.1 Å². The van der Waals surface area contributed by atoms with E-state index in [2.05, 4.69) is 44.5 Å². The van der Waals surface area contributed by atoms with Crippen LogP contribution in [0.3, 0.4) is 0 Å². The van der Waals surface area contributed by atoms with E-state index in [9.17, 15) is 4.79 Å². The average molecular weight is 372 g/mol. The molecular weight excluding hydrogens is 352 g/mol. The number of benzene rings is 1. The lowest BCUT2D eigenvalue weighted by molar-refractivity contribution is -0.0707. The number of carbonyl (C=O) groups is 1. The molecule has 2 unspecified atom stereocenters. The number of H-pyrrole nitrogens is 1. The van der Waals surface area contributed by atoms with Crippen LogP contribution in [-0.2, 0) is 11.3 Å². The number of carbonyl (C=O) groups excluding carboxylic acids is 1. The molecule has 9 heteroatoms. The third-order valence-corrected chi connectivity index (χ3v) is 5.04. The molecule has 3 aromatic rings. The van der Waals surface area contributed by atoms with Crippen LogP contribution in [0.25, 0.3) is 11.0 Å². The summed E-state index contributed by atoms with van der Waals surface area (Å²) in [5.74, 6) is -0.204. The molecule has 4 rings (SSSR count). The minimum atomic E-state index is -0.204. The zero-order valence-electron chi connectivity index (χ0n) is 14.6. The average Bonchev–Trinajstić information content (AvgIpc) is 3.22. The first-order valence-electron chi connectivity index (χ1n) is 8.51. The fourth-order valence-electron chi connectivity index (χ4n) is 3.23. The van der Waals surface area contributed by atoms with Crippen LogP contribution in [0.2, 0.25) is 0 Å². The number of nitrogens with one attached hydrogen (secondary N) is 2. The number of morpholine rings is 1. The predicted molar refractivity (Wildman–Crippen MR) is 99.2 cm³/mol. The number of aromatic amines is 1. The number of nitrogens with zero attached hydrogens (tertiary/aromatic N) is 4. The highest BCUT2D eigenvalue weighted by atomic mass is 32.1. The van der Waals surface area contributed by atoms with Gasteiger partial charge in [0.15, 0.2) is 5.13 Å². The van der Waals surface area contributed by atoms with Crippen molar-refractivity contribution in [1.82, 2.24) is 25.3 Å². The van der Waals surface area contributed by atoms with E-state index in [0.29, 0.717) is 16.2 Å². The number of hydrogen-bond acceptors (Lipinski definition) is 7. The van der Waals surface area contributed by atoms with Crippen LogP contribution < -0.4 is 5.32 Å². The summed E-state index contributed by atoms with van der Waals surface area (Å²) in [4.78, 5) is 19.3. The van der Waals surface area contributed by atoms with Crippen LogP contribution in [0.5, 0.6) is 0 Å². The first-order chi connectivity index (χ1) is 12.6. The summed E-state index contributed by atoms with van der Waals surface area (Å²) < 4.78 is 5.76. The minimum Gasteiger partial charge on any atom is -0.373 e. The second kappa shape index (κ2) is 7.10. The second-order valence-electron chi connectivity index (χ2n) is 6.58. The maximum atomic E-state index is 12.4. The van der Waals surface area contributed by atoms with E-state index in [1.807, 2.05) is 5.38 Å². The third-order valence-electron chi connectivity index (χ3n) is 4.23. The number of thiazole rings is 1. The lowest BCUT2D eigenvalue weighted by Crippen LogP contribution is -2.44. The van der Waals surface area contributed by atoms with Gasteiger partial charge in [0.1, 0.15) is 11.0 Å². The van der Waals surface area contributed by atoms with Crippen LogP contribution in [0.1, 0.15) is 29.9 Å². The molecule has 2 atom stereocenters. The Morgan fingerprint density at radius 2 is 2.08 bits per heavy atom. The maximum Gasteiger partial charge on any atom is 0.257 e. The van der Waals surface area contributed by atoms with Gasteiger partial charge in [-0.1, -0.05) is 0 Å². The van der Waals surface area contributed by atoms with Crippen molar-refractivity contribution in [3.8, 4) is 0 Å². The zero-order chi connectivity index (χ0) is 18.1. The van der Waals surface area contributed by atoms with Gasteiger partial charge < -0.3 is 4.74 Å². The number of ether oxygens (including phenoxy) is 1. The van der Waals surface area contributed by atoms with Crippen molar-refractivity contribution in [3.63, 3.8) is 0 Å². The van der Waals surface area contributed by atoms with Gasteiger partial charge in [-0.25, -0.2) is 4.98 Å². The fraction of sp³-hybridized carbons (Fsp3) is 0.412. The topological polar surface area (TPSA) is 96.0 Å². The van der Waals surface area contributed by atoms with Gasteiger partial charge in [0.05, 0.1) is 17.9 Å². The smallest absolute Gasteiger partial charge is 0.257 e. The number of fused-ring (bicyclic) bond motifs is 1. The molecule has 1 fully saturated rings. The molecule has 0 saturated carbocycles. The zero-order valence-corrected chi connectivity index (χ0v) is 15.4. The van der Waals surface area contributed by atoms with Gasteiger partial charge in [0, 0.05) is 30.6 Å². The Kier molecular flexibility index (Phi) is 4.66. The summed E-state index contributed by atoms with van der Waals surface area (Å²) >= 11 is 1.43. The molecule has 1 aromatic carbocycles. The largest absolute Gasteiger partial charge is 0.373 e. The van der Waals surface area contributed by atoms with E-state index in [1.165, 1.54) is 11.3 Å². The third kappa shape index (κ3) is 3.74. The standard InChI is InChI=1S/C17H20N6O2S/c1-10-6-23(7-11(2)25-10)8-13-9-26-17(18-13)19-16(24)12-3-4-14-15(5-12)21-22-20-14/h3-5,9-11H,6-8H2,1-2H3,(H,18,19,24)(H,20,21,22). The highest BCUT2D eigenvalue weighted by Gasteiger charge is 2.22. The van der Waals surface area contributed by atoms with Crippen molar-refractivity contribution in [3.05, 3.63) is 34.8 Å². The molecule has 0 radical (unpaired) electrons. The molecule has 1 amide bonds. The number of rotatable bonds is 4. The molecule has 8 nitrogen and oxygen atoms in total. The molecule has 1 aliphatic rings. The Bertz CT molecular complexity index is 913. The Morgan fingerprint density at radius 3 is 2.88 bits per heavy atom. The molecule has 0 spiro atoms. The van der Waals surface area contributed by atoms with E-state index in [4.69, 9.17) is 4.74 Å². The van der Waals surface area contributed by atoms with Crippen molar-refractivity contribution in [2.45, 2.75) is 32.6 Å². The molecule has 1 aliphatic heterocycles. The van der Waals surface area contributed by atoms with E-state index in [1.54, 1.807) is 18.2 Å². The maximum absolute atomic E-state index is 12.4. The van der Waals surface area contributed by atoms with E-state index >= 15 is 0 Å². The quantitative estimate of drug-likeness (QED) is 0.729. The molecule has 2 N–H and O–H groups in total. The van der Waals surface area contributed by atoms with Crippen LogP contribution in [0, 0.1) is 0 Å². The number of hydrogen-bond donors (Lipinski definition) is 2. The normalized spacial score (nSPS) is 21.2. The van der Waals surface area contributed by atoms with Crippen molar-refractivity contribution in [2.75, 3.05) is 18.4 Å². The summed E-state index contributed by atoms with van der Waals surface area (Å²) in [7, 11) is 0. The Balaban J connectivity index is 1.40. The number of anilines is 1. The Hall–Kier alpha value is -2.36. The monoisotopic (exact) mass is 372 g/mol. The van der Waals surface area contributed by atoms with Crippen molar-refractivity contribution in [2.24, 2.45) is 0 Å². The summed E-state index contributed by atoms with van der Waals surface area (Å²) in [6.07, 6.45) is 0.450. The molecule has 0 aliphatic carbocycles. The van der Waals surface area contributed by atoms with Gasteiger partial charge in [-0.05, 0) is 32.0 Å². The van der Waals surface area contributed by atoms with Crippen LogP contribution in [0.15, 0.2) is 23.6 Å². The van der Waals surface area contributed by atoms with E-state index in [0.717, 1.165) is 30.8 Å². The predicted octanol–water partition coefficient (Wildman–Crippen LogP) is 2.28. The molecule has 0 bridgehead atoms. The van der Waals surface area contributed by atoms with Crippen molar-refractivity contribution in [1.29, 1.82) is 0 Å². The fourth-order valence-corrected chi connectivity index (χ4v) is 3.93. The Labute approximate surface area is 154 Å². The molecule has 2 aromatic heterocycles. The van der Waals surface area contributed by atoms with Gasteiger partial charge in [-0.15, -0.1) is 11.3 Å². The highest BCUT2D eigenvalue weighted by molar-refractivity contribution is 7.13. The van der Waals surface area contributed by atoms with Gasteiger partial charge in [-0.3, -0.25) is 15.0 Å². The summed E-state index contributed by atoms with van der Waals surface area (Å²) in [6.45, 7) is 6.71. The summed E-state index contributed by atoms with van der Waals surface area (Å²) in [5, 5.41) is 16.0. The summed E-state index contributed by atoms with van der Waals surface area (Å²) in [5.41, 5.74) is 2.87. The molecule has 3 heterocycles. The highest BCUT2D eigenvalue weighted by Crippen LogP contribution is 2.20. The Morgan fingerprint density at radius 1 is 1.31 bits per heavy atom. The SMILES string of the molecule is CC1CN(Cc2csc(NC(=O)c3ccc4n[nH]nc4c3)n2)CC(C)O1. The number of amides is 1. The van der Waals surface area contributed by atoms with Gasteiger partial charge in [0.2, 0.25) is 0 Å². The number of aromatic nitrogens is 4. The first-order valence-corrected chi connectivity index (χ1v) is 9.39. The van der Waals surface area contributed by atoms with Gasteiger partial charge in [-0.2, -0.15) is 15.4 Å². The van der Waals surface area contributed by atoms with Crippen LogP contribution >= 0.6 is 11.3 Å².